The van der Waals surface area contributed by atoms with Crippen molar-refractivity contribution >= 4 is 0 Å². The molecule has 1 heterocycles. The summed E-state index contributed by atoms with van der Waals surface area (Å²) in [5, 5.41) is 2.90. The summed E-state index contributed by atoms with van der Waals surface area (Å²) in [4.78, 5) is 0. The fourth-order valence-electron chi connectivity index (χ4n) is 1.43. The molecule has 0 aliphatic carbocycles. The number of aryl methyl sites for hydroxylation is 1. The van der Waals surface area contributed by atoms with Crippen LogP contribution < -0.4 is 5.32 Å². The van der Waals surface area contributed by atoms with Crippen LogP contribution in [0.15, 0.2) is 16.5 Å². The van der Waals surface area contributed by atoms with Crippen molar-refractivity contribution in [2.75, 3.05) is 7.05 Å². The maximum absolute atomic E-state index is 13.6. The molecule has 0 saturated carbocycles. The Morgan fingerprint density at radius 3 is 2.38 bits per heavy atom. The predicted octanol–water partition coefficient (Wildman–Crippen LogP) is 2.60. The zero-order valence-corrected chi connectivity index (χ0v) is 8.52. The van der Waals surface area contributed by atoms with Crippen LogP contribution in [0, 0.1) is 6.92 Å². The highest BCUT2D eigenvalue weighted by Gasteiger charge is 2.31. The summed E-state index contributed by atoms with van der Waals surface area (Å²) in [5.74, 6) is 1.45. The van der Waals surface area contributed by atoms with Crippen LogP contribution in [0.2, 0.25) is 0 Å². The highest BCUT2D eigenvalue weighted by Crippen LogP contribution is 2.29. The van der Waals surface area contributed by atoms with Gasteiger partial charge in [0, 0.05) is 0 Å². The maximum atomic E-state index is 13.6. The SMILES string of the molecule is CNC(c1ccc(C)o1)C(C)(C)F. The van der Waals surface area contributed by atoms with E-state index in [1.165, 1.54) is 13.8 Å². The van der Waals surface area contributed by atoms with Gasteiger partial charge in [0.2, 0.25) is 0 Å². The molecule has 0 aliphatic rings. The fraction of sp³-hybridized carbons (Fsp3) is 0.600. The summed E-state index contributed by atoms with van der Waals surface area (Å²) >= 11 is 0. The average Bonchev–Trinajstić information content (AvgIpc) is 2.34. The molecule has 1 N–H and O–H groups in total. The molecule has 0 saturated heterocycles. The Bertz CT molecular complexity index is 275. The van der Waals surface area contributed by atoms with Gasteiger partial charge in [0.15, 0.2) is 0 Å². The summed E-state index contributed by atoms with van der Waals surface area (Å²) < 4.78 is 19.0. The van der Waals surface area contributed by atoms with E-state index >= 15 is 0 Å². The van der Waals surface area contributed by atoms with Crippen LogP contribution in [0.5, 0.6) is 0 Å². The second-order valence-electron chi connectivity index (χ2n) is 3.73. The molecule has 1 aromatic rings. The Balaban J connectivity index is 2.91. The van der Waals surface area contributed by atoms with Gasteiger partial charge < -0.3 is 9.73 Å². The minimum absolute atomic E-state index is 0.388. The molecule has 74 valence electrons. The van der Waals surface area contributed by atoms with Crippen LogP contribution in [0.4, 0.5) is 4.39 Å². The Morgan fingerprint density at radius 2 is 2.08 bits per heavy atom. The minimum Gasteiger partial charge on any atom is -0.465 e. The maximum Gasteiger partial charge on any atom is 0.127 e. The van der Waals surface area contributed by atoms with Gasteiger partial charge in [-0.05, 0) is 40.0 Å². The normalized spacial score (nSPS) is 14.5. The lowest BCUT2D eigenvalue weighted by atomic mass is 9.99. The van der Waals surface area contributed by atoms with Gasteiger partial charge in [-0.15, -0.1) is 0 Å². The molecule has 0 radical (unpaired) electrons. The van der Waals surface area contributed by atoms with E-state index in [0.29, 0.717) is 5.76 Å². The fourth-order valence-corrected chi connectivity index (χ4v) is 1.43. The first kappa shape index (κ1) is 10.3. The van der Waals surface area contributed by atoms with Crippen molar-refractivity contribution in [3.8, 4) is 0 Å². The van der Waals surface area contributed by atoms with Crippen molar-refractivity contribution in [3.05, 3.63) is 23.7 Å². The Hall–Kier alpha value is -0.830. The standard InChI is InChI=1S/C10H16FNO/c1-7-5-6-8(13-7)9(12-4)10(2,3)11/h5-6,9,12H,1-4H3. The third kappa shape index (κ3) is 2.31. The van der Waals surface area contributed by atoms with Crippen LogP contribution in [-0.4, -0.2) is 12.7 Å². The number of rotatable bonds is 3. The van der Waals surface area contributed by atoms with E-state index in [0.717, 1.165) is 5.76 Å². The lowest BCUT2D eigenvalue weighted by molar-refractivity contribution is 0.139. The molecule has 1 rings (SSSR count). The summed E-state index contributed by atoms with van der Waals surface area (Å²) in [6, 6.07) is 3.25. The van der Waals surface area contributed by atoms with Crippen LogP contribution in [0.25, 0.3) is 0 Å². The van der Waals surface area contributed by atoms with Crippen molar-refractivity contribution < 1.29 is 8.81 Å². The van der Waals surface area contributed by atoms with Gasteiger partial charge in [-0.2, -0.15) is 0 Å². The number of alkyl halides is 1. The summed E-state index contributed by atoms with van der Waals surface area (Å²) in [7, 11) is 1.73. The molecule has 1 aromatic heterocycles. The lowest BCUT2D eigenvalue weighted by Crippen LogP contribution is -2.33. The van der Waals surface area contributed by atoms with Crippen molar-refractivity contribution in [1.29, 1.82) is 0 Å². The van der Waals surface area contributed by atoms with Crippen LogP contribution in [0.1, 0.15) is 31.4 Å². The van der Waals surface area contributed by atoms with E-state index in [-0.39, 0.29) is 6.04 Å². The largest absolute Gasteiger partial charge is 0.465 e. The van der Waals surface area contributed by atoms with Gasteiger partial charge in [0.1, 0.15) is 17.2 Å². The average molecular weight is 185 g/mol. The van der Waals surface area contributed by atoms with Crippen molar-refractivity contribution in [1.82, 2.24) is 5.32 Å². The first-order valence-electron chi connectivity index (χ1n) is 4.37. The summed E-state index contributed by atoms with van der Waals surface area (Å²) in [6.07, 6.45) is 0. The second kappa shape index (κ2) is 3.50. The number of furan rings is 1. The van der Waals surface area contributed by atoms with E-state index < -0.39 is 5.67 Å². The number of hydrogen-bond acceptors (Lipinski definition) is 2. The molecule has 3 heteroatoms. The van der Waals surface area contributed by atoms with Gasteiger partial charge in [-0.3, -0.25) is 0 Å². The van der Waals surface area contributed by atoms with Gasteiger partial charge in [0.25, 0.3) is 0 Å². The predicted molar refractivity (Wildman–Crippen MR) is 50.4 cm³/mol. The monoisotopic (exact) mass is 185 g/mol. The van der Waals surface area contributed by atoms with Gasteiger partial charge in [-0.1, -0.05) is 0 Å². The van der Waals surface area contributed by atoms with Crippen molar-refractivity contribution in [3.63, 3.8) is 0 Å². The Kier molecular flexibility index (Phi) is 2.76. The molecular formula is C10H16FNO. The van der Waals surface area contributed by atoms with Crippen LogP contribution in [-0.2, 0) is 0 Å². The van der Waals surface area contributed by atoms with Gasteiger partial charge >= 0.3 is 0 Å². The highest BCUT2D eigenvalue weighted by molar-refractivity contribution is 5.12. The van der Waals surface area contributed by atoms with E-state index in [1.54, 1.807) is 13.1 Å². The zero-order valence-electron chi connectivity index (χ0n) is 8.52. The number of nitrogens with one attached hydrogen (secondary N) is 1. The van der Waals surface area contributed by atoms with Crippen LogP contribution >= 0.6 is 0 Å². The Labute approximate surface area is 78.1 Å². The molecule has 2 nitrogen and oxygen atoms in total. The second-order valence-corrected chi connectivity index (χ2v) is 3.73. The summed E-state index contributed by atoms with van der Waals surface area (Å²) in [6.45, 7) is 4.92. The molecule has 0 amide bonds. The van der Waals surface area contributed by atoms with Gasteiger partial charge in [-0.25, -0.2) is 4.39 Å². The molecule has 0 fully saturated rings. The highest BCUT2D eigenvalue weighted by atomic mass is 19.1. The quantitative estimate of drug-likeness (QED) is 0.783. The van der Waals surface area contributed by atoms with Crippen molar-refractivity contribution in [2.45, 2.75) is 32.5 Å². The van der Waals surface area contributed by atoms with Crippen molar-refractivity contribution in [2.24, 2.45) is 0 Å². The first-order valence-corrected chi connectivity index (χ1v) is 4.37. The molecule has 13 heavy (non-hydrogen) atoms. The Morgan fingerprint density at radius 1 is 1.46 bits per heavy atom. The zero-order chi connectivity index (χ0) is 10.1. The molecule has 1 unspecified atom stereocenters. The summed E-state index contributed by atoms with van der Waals surface area (Å²) in [5.41, 5.74) is -1.32. The number of halogens is 1. The minimum atomic E-state index is -1.32. The third-order valence-corrected chi connectivity index (χ3v) is 2.02. The molecule has 0 aliphatic heterocycles. The molecule has 0 bridgehead atoms. The molecule has 0 aromatic carbocycles. The molecular weight excluding hydrogens is 169 g/mol. The van der Waals surface area contributed by atoms with E-state index in [4.69, 9.17) is 4.42 Å². The van der Waals surface area contributed by atoms with E-state index in [2.05, 4.69) is 5.32 Å². The topological polar surface area (TPSA) is 25.2 Å². The van der Waals surface area contributed by atoms with E-state index in [1.807, 2.05) is 13.0 Å². The number of hydrogen-bond donors (Lipinski definition) is 1. The van der Waals surface area contributed by atoms with Crippen LogP contribution in [0.3, 0.4) is 0 Å². The van der Waals surface area contributed by atoms with E-state index in [9.17, 15) is 4.39 Å². The molecule has 1 atom stereocenters. The third-order valence-electron chi connectivity index (χ3n) is 2.02. The van der Waals surface area contributed by atoms with Gasteiger partial charge in [0.05, 0.1) is 6.04 Å². The smallest absolute Gasteiger partial charge is 0.127 e. The lowest BCUT2D eigenvalue weighted by Gasteiger charge is -2.24. The first-order chi connectivity index (χ1) is 5.95. The molecule has 0 spiro atoms.